The van der Waals surface area contributed by atoms with Crippen LogP contribution in [0.25, 0.3) is 5.76 Å². The fraction of sp³-hybridized carbons (Fsp3) is 0.192. The summed E-state index contributed by atoms with van der Waals surface area (Å²) in [5.74, 6) is 0.0222. The average Bonchev–Trinajstić information content (AvgIpc) is 3.42. The summed E-state index contributed by atoms with van der Waals surface area (Å²) in [6.45, 7) is 5.61. The molecule has 1 amide bonds. The Kier molecular flexibility index (Phi) is 6.59. The van der Waals surface area contributed by atoms with E-state index < -0.39 is 17.7 Å². The Hall–Kier alpha value is -4.53. The predicted molar refractivity (Wildman–Crippen MR) is 128 cm³/mol. The third kappa shape index (κ3) is 4.35. The summed E-state index contributed by atoms with van der Waals surface area (Å²) in [6, 6.07) is 12.1. The summed E-state index contributed by atoms with van der Waals surface area (Å²) >= 11 is 0. The van der Waals surface area contributed by atoms with E-state index in [0.29, 0.717) is 40.7 Å². The van der Waals surface area contributed by atoms with Crippen molar-refractivity contribution in [3.05, 3.63) is 83.6 Å². The number of hydrogen-bond donors (Lipinski definition) is 1. The molecule has 1 fully saturated rings. The summed E-state index contributed by atoms with van der Waals surface area (Å²) < 4.78 is 21.4. The minimum atomic E-state index is -0.990. The first-order valence-corrected chi connectivity index (χ1v) is 10.7. The molecule has 3 aromatic rings. The molecule has 1 aliphatic heterocycles. The zero-order valence-corrected chi connectivity index (χ0v) is 19.5. The molecule has 0 bridgehead atoms. The van der Waals surface area contributed by atoms with Crippen LogP contribution in [0.2, 0.25) is 0 Å². The van der Waals surface area contributed by atoms with Gasteiger partial charge in [-0.05, 0) is 48.9 Å². The second kappa shape index (κ2) is 9.76. The Morgan fingerprint density at radius 3 is 2.43 bits per heavy atom. The van der Waals surface area contributed by atoms with E-state index in [1.807, 2.05) is 0 Å². The standard InChI is InChI=1S/C26H24N2O7/c1-5-12-34-18-9-6-16(7-10-18)24(29)22-23(17-8-11-19(32-3)20(14-17)33-4)28(26(31)25(22)30)21-13-15(2)35-27-21/h5-11,13-14,23,29H,1,12H2,2-4H3. The van der Waals surface area contributed by atoms with Crippen molar-refractivity contribution >= 4 is 23.3 Å². The number of aliphatic hydroxyl groups is 1. The summed E-state index contributed by atoms with van der Waals surface area (Å²) in [4.78, 5) is 27.6. The number of nitrogens with zero attached hydrogens (tertiary/aromatic N) is 2. The topological polar surface area (TPSA) is 111 Å². The van der Waals surface area contributed by atoms with E-state index in [9.17, 15) is 14.7 Å². The number of carbonyl (C=O) groups is 2. The number of rotatable bonds is 8. The summed E-state index contributed by atoms with van der Waals surface area (Å²) in [6.07, 6.45) is 1.62. The number of Topliss-reactive ketones (excluding diaryl/α,β-unsaturated/α-hetero) is 1. The predicted octanol–water partition coefficient (Wildman–Crippen LogP) is 4.19. The molecule has 9 heteroatoms. The molecule has 9 nitrogen and oxygen atoms in total. The molecule has 0 spiro atoms. The molecule has 1 saturated heterocycles. The number of ether oxygens (including phenoxy) is 3. The number of carbonyl (C=O) groups excluding carboxylic acids is 2. The van der Waals surface area contributed by atoms with Crippen molar-refractivity contribution in [2.45, 2.75) is 13.0 Å². The van der Waals surface area contributed by atoms with E-state index in [2.05, 4.69) is 11.7 Å². The molecular weight excluding hydrogens is 452 g/mol. The molecule has 180 valence electrons. The van der Waals surface area contributed by atoms with Gasteiger partial charge in [-0.15, -0.1) is 0 Å². The van der Waals surface area contributed by atoms with E-state index in [1.54, 1.807) is 61.5 Å². The molecule has 1 N–H and O–H groups in total. The fourth-order valence-corrected chi connectivity index (χ4v) is 3.89. The normalized spacial score (nSPS) is 16.9. The van der Waals surface area contributed by atoms with Crippen LogP contribution in [0.4, 0.5) is 5.82 Å². The van der Waals surface area contributed by atoms with Gasteiger partial charge in [-0.25, -0.2) is 0 Å². The molecule has 1 atom stereocenters. The number of aromatic nitrogens is 1. The zero-order chi connectivity index (χ0) is 25.1. The number of methoxy groups -OCH3 is 2. The third-order valence-corrected chi connectivity index (χ3v) is 5.53. The largest absolute Gasteiger partial charge is 0.507 e. The highest BCUT2D eigenvalue weighted by molar-refractivity contribution is 6.51. The molecule has 1 unspecified atom stereocenters. The van der Waals surface area contributed by atoms with Crippen LogP contribution in [0.5, 0.6) is 17.2 Å². The SMILES string of the molecule is C=CCOc1ccc(C(O)=C2C(=O)C(=O)N(c3cc(C)on3)C2c2ccc(OC)c(OC)c2)cc1. The highest BCUT2D eigenvalue weighted by atomic mass is 16.5. The third-order valence-electron chi connectivity index (χ3n) is 5.53. The van der Waals surface area contributed by atoms with Crippen LogP contribution in [-0.2, 0) is 9.59 Å². The summed E-state index contributed by atoms with van der Waals surface area (Å²) in [7, 11) is 2.99. The van der Waals surface area contributed by atoms with Crippen molar-refractivity contribution in [2.75, 3.05) is 25.7 Å². The van der Waals surface area contributed by atoms with Crippen LogP contribution >= 0.6 is 0 Å². The van der Waals surface area contributed by atoms with Gasteiger partial charge in [-0.3, -0.25) is 14.5 Å². The van der Waals surface area contributed by atoms with Crippen molar-refractivity contribution in [2.24, 2.45) is 0 Å². The lowest BCUT2D eigenvalue weighted by molar-refractivity contribution is -0.132. The molecule has 35 heavy (non-hydrogen) atoms. The average molecular weight is 476 g/mol. The van der Waals surface area contributed by atoms with Crippen LogP contribution in [0.1, 0.15) is 22.9 Å². The van der Waals surface area contributed by atoms with E-state index in [4.69, 9.17) is 18.7 Å². The minimum Gasteiger partial charge on any atom is -0.507 e. The smallest absolute Gasteiger partial charge is 0.301 e. The van der Waals surface area contributed by atoms with Gasteiger partial charge in [0.2, 0.25) is 0 Å². The van der Waals surface area contributed by atoms with Gasteiger partial charge < -0.3 is 23.8 Å². The molecule has 0 radical (unpaired) electrons. The maximum absolute atomic E-state index is 13.2. The lowest BCUT2D eigenvalue weighted by atomic mass is 9.95. The summed E-state index contributed by atoms with van der Waals surface area (Å²) in [5.41, 5.74) is 0.758. The second-order valence-corrected chi connectivity index (χ2v) is 7.70. The lowest BCUT2D eigenvalue weighted by Crippen LogP contribution is -2.29. The molecule has 0 saturated carbocycles. The lowest BCUT2D eigenvalue weighted by Gasteiger charge is -2.23. The fourth-order valence-electron chi connectivity index (χ4n) is 3.89. The number of hydrogen-bond acceptors (Lipinski definition) is 8. The molecular formula is C26H24N2O7. The number of aryl methyl sites for hydroxylation is 1. The summed E-state index contributed by atoms with van der Waals surface area (Å²) in [5, 5.41) is 15.2. The van der Waals surface area contributed by atoms with Gasteiger partial charge in [0.1, 0.15) is 23.9 Å². The minimum absolute atomic E-state index is 0.0948. The molecule has 1 aromatic heterocycles. The molecule has 4 rings (SSSR count). The first-order valence-electron chi connectivity index (χ1n) is 10.7. The van der Waals surface area contributed by atoms with Gasteiger partial charge in [0.15, 0.2) is 17.3 Å². The van der Waals surface area contributed by atoms with Gasteiger partial charge in [0.05, 0.1) is 25.8 Å². The van der Waals surface area contributed by atoms with E-state index in [0.717, 1.165) is 0 Å². The maximum atomic E-state index is 13.2. The Labute approximate surface area is 201 Å². The van der Waals surface area contributed by atoms with Crippen LogP contribution < -0.4 is 19.1 Å². The monoisotopic (exact) mass is 476 g/mol. The Morgan fingerprint density at radius 2 is 1.83 bits per heavy atom. The number of amides is 1. The molecule has 1 aliphatic rings. The van der Waals surface area contributed by atoms with E-state index in [1.165, 1.54) is 19.1 Å². The van der Waals surface area contributed by atoms with Gasteiger partial charge >= 0.3 is 5.91 Å². The van der Waals surface area contributed by atoms with Gasteiger partial charge in [0.25, 0.3) is 5.78 Å². The second-order valence-electron chi connectivity index (χ2n) is 7.70. The van der Waals surface area contributed by atoms with Gasteiger partial charge in [0, 0.05) is 11.6 Å². The van der Waals surface area contributed by atoms with E-state index in [-0.39, 0.29) is 17.2 Å². The highest BCUT2D eigenvalue weighted by Crippen LogP contribution is 2.44. The number of anilines is 1. The Balaban J connectivity index is 1.88. The Bertz CT molecular complexity index is 1310. The van der Waals surface area contributed by atoms with Crippen molar-refractivity contribution in [1.82, 2.24) is 5.16 Å². The Morgan fingerprint density at radius 1 is 1.11 bits per heavy atom. The van der Waals surface area contributed by atoms with Crippen molar-refractivity contribution in [1.29, 1.82) is 0 Å². The highest BCUT2D eigenvalue weighted by Gasteiger charge is 2.48. The van der Waals surface area contributed by atoms with Crippen LogP contribution in [0, 0.1) is 6.92 Å². The molecule has 0 aliphatic carbocycles. The van der Waals surface area contributed by atoms with Crippen LogP contribution in [-0.4, -0.2) is 42.8 Å². The van der Waals surface area contributed by atoms with Gasteiger partial charge in [-0.1, -0.05) is 23.9 Å². The van der Waals surface area contributed by atoms with Crippen LogP contribution in [0.3, 0.4) is 0 Å². The maximum Gasteiger partial charge on any atom is 0.301 e. The molecule has 2 heterocycles. The van der Waals surface area contributed by atoms with Crippen molar-refractivity contribution in [3.8, 4) is 17.2 Å². The van der Waals surface area contributed by atoms with E-state index >= 15 is 0 Å². The number of ketones is 1. The van der Waals surface area contributed by atoms with Crippen molar-refractivity contribution < 1.29 is 33.4 Å². The van der Waals surface area contributed by atoms with Crippen molar-refractivity contribution in [3.63, 3.8) is 0 Å². The number of aliphatic hydroxyl groups excluding tert-OH is 1. The quantitative estimate of drug-likeness (QED) is 0.223. The van der Waals surface area contributed by atoms with Crippen LogP contribution in [0.15, 0.2) is 71.3 Å². The molecule has 2 aromatic carbocycles. The van der Waals surface area contributed by atoms with Gasteiger partial charge in [-0.2, -0.15) is 0 Å². The number of benzene rings is 2. The first-order chi connectivity index (χ1) is 16.9. The first kappa shape index (κ1) is 23.6. The zero-order valence-electron chi connectivity index (χ0n) is 19.5.